The molecule has 0 saturated carbocycles. The van der Waals surface area contributed by atoms with Gasteiger partial charge in [-0.15, -0.1) is 0 Å². The predicted molar refractivity (Wildman–Crippen MR) is 87.7 cm³/mol. The van der Waals surface area contributed by atoms with Crippen LogP contribution in [0.2, 0.25) is 0 Å². The number of aliphatic hydroxyl groups is 1. The van der Waals surface area contributed by atoms with Crippen LogP contribution in [-0.4, -0.2) is 24.3 Å². The summed E-state index contributed by atoms with van der Waals surface area (Å²) in [6.45, 7) is 0. The zero-order valence-electron chi connectivity index (χ0n) is 12.1. The predicted octanol–water partition coefficient (Wildman–Crippen LogP) is 0.810. The fourth-order valence-electron chi connectivity index (χ4n) is 2.79. The molecule has 7 N–H and O–H groups in total. The summed E-state index contributed by atoms with van der Waals surface area (Å²) in [6.07, 6.45) is 3.84. The summed E-state index contributed by atoms with van der Waals surface area (Å²) in [5, 5.41) is 19.3. The molecule has 23 heavy (non-hydrogen) atoms. The average Bonchev–Trinajstić information content (AvgIpc) is 3.07. The first-order valence-electron chi connectivity index (χ1n) is 6.99. The van der Waals surface area contributed by atoms with Crippen LogP contribution in [0.4, 0.5) is 17.1 Å². The molecule has 0 bridgehead atoms. The van der Waals surface area contributed by atoms with Crippen molar-refractivity contribution in [3.8, 4) is 0 Å². The number of aliphatic hydroxyl groups excluding tert-OH is 1. The first-order valence-corrected chi connectivity index (χ1v) is 6.99. The van der Waals surface area contributed by atoms with E-state index >= 15 is 0 Å². The number of nitrogens with zero attached hydrogens (tertiary/aromatic N) is 4. The molecule has 0 fully saturated rings. The molecule has 0 saturated heterocycles. The van der Waals surface area contributed by atoms with Gasteiger partial charge in [-0.05, 0) is 18.2 Å². The van der Waals surface area contributed by atoms with E-state index in [0.29, 0.717) is 33.8 Å². The Morgan fingerprint density at radius 1 is 1.13 bits per heavy atom. The van der Waals surface area contributed by atoms with Gasteiger partial charge >= 0.3 is 0 Å². The largest absolute Gasteiger partial charge is 0.397 e. The zero-order valence-corrected chi connectivity index (χ0v) is 12.1. The highest BCUT2D eigenvalue weighted by molar-refractivity contribution is 5.78. The van der Waals surface area contributed by atoms with E-state index in [2.05, 4.69) is 10.2 Å². The molecule has 0 aliphatic carbocycles. The summed E-state index contributed by atoms with van der Waals surface area (Å²) in [6, 6.07) is 7.18. The lowest BCUT2D eigenvalue weighted by Gasteiger charge is -2.12. The number of hydrogen-bond donors (Lipinski definition) is 4. The molecule has 4 aromatic heterocycles. The number of nitrogens with two attached hydrogens (primary N) is 3. The van der Waals surface area contributed by atoms with Crippen LogP contribution in [0.5, 0.6) is 0 Å². The fourth-order valence-corrected chi connectivity index (χ4v) is 2.79. The number of anilines is 3. The lowest BCUT2D eigenvalue weighted by atomic mass is 10.0. The van der Waals surface area contributed by atoms with Crippen molar-refractivity contribution in [3.63, 3.8) is 0 Å². The third kappa shape index (κ3) is 1.89. The number of rotatable bonds is 2. The van der Waals surface area contributed by atoms with E-state index in [9.17, 15) is 5.11 Å². The molecule has 116 valence electrons. The summed E-state index contributed by atoms with van der Waals surface area (Å²) in [5.74, 6) is 0. The minimum atomic E-state index is -1.07. The molecule has 4 aromatic rings. The second-order valence-electron chi connectivity index (χ2n) is 5.35. The van der Waals surface area contributed by atoms with Crippen LogP contribution in [0.25, 0.3) is 11.0 Å². The fraction of sp³-hybridized carbons (Fsp3) is 0.0667. The van der Waals surface area contributed by atoms with Gasteiger partial charge in [0.2, 0.25) is 0 Å². The maximum Gasteiger partial charge on any atom is 0.127 e. The van der Waals surface area contributed by atoms with Gasteiger partial charge in [0.25, 0.3) is 0 Å². The molecule has 0 aliphatic rings. The summed E-state index contributed by atoms with van der Waals surface area (Å²) >= 11 is 0. The monoisotopic (exact) mass is 309 g/mol. The summed E-state index contributed by atoms with van der Waals surface area (Å²) in [7, 11) is 0. The van der Waals surface area contributed by atoms with E-state index in [1.165, 1.54) is 10.7 Å². The molecule has 0 aliphatic heterocycles. The Balaban J connectivity index is 1.96. The molecule has 0 radical (unpaired) electrons. The summed E-state index contributed by atoms with van der Waals surface area (Å²) in [5.41, 5.74) is 21.5. The van der Waals surface area contributed by atoms with Gasteiger partial charge in [-0.25, -0.2) is 9.03 Å². The molecule has 8 nitrogen and oxygen atoms in total. The van der Waals surface area contributed by atoms with Gasteiger partial charge in [-0.2, -0.15) is 10.2 Å². The first-order chi connectivity index (χ1) is 11.1. The number of nitrogen functional groups attached to an aromatic ring is 3. The Labute approximate surface area is 130 Å². The topological polar surface area (TPSA) is 133 Å². The van der Waals surface area contributed by atoms with Crippen molar-refractivity contribution in [1.82, 2.24) is 19.2 Å². The molecular formula is C15H15N7O. The minimum absolute atomic E-state index is 0.351. The number of aromatic nitrogens is 4. The van der Waals surface area contributed by atoms with Crippen LogP contribution in [0.3, 0.4) is 0 Å². The standard InChI is InChI=1S/C15H15N7O/c16-8-5-9(14-10(17)6-19-22(14)7-8)15(23)13-12(18)11-3-1-2-4-21(11)20-13/h1-7,15,23H,16-18H2. The Kier molecular flexibility index (Phi) is 2.69. The Bertz CT molecular complexity index is 1030. The van der Waals surface area contributed by atoms with Crippen molar-refractivity contribution < 1.29 is 5.11 Å². The molecule has 1 atom stereocenters. The van der Waals surface area contributed by atoms with E-state index < -0.39 is 6.10 Å². The Morgan fingerprint density at radius 2 is 1.96 bits per heavy atom. The van der Waals surface area contributed by atoms with Crippen molar-refractivity contribution in [3.05, 3.63) is 54.1 Å². The highest BCUT2D eigenvalue weighted by Gasteiger charge is 2.23. The van der Waals surface area contributed by atoms with Crippen LogP contribution in [0.1, 0.15) is 17.4 Å². The van der Waals surface area contributed by atoms with Crippen LogP contribution < -0.4 is 17.2 Å². The van der Waals surface area contributed by atoms with Gasteiger partial charge in [0, 0.05) is 11.8 Å². The maximum atomic E-state index is 10.8. The van der Waals surface area contributed by atoms with Crippen molar-refractivity contribution >= 4 is 28.1 Å². The Morgan fingerprint density at radius 3 is 2.74 bits per heavy atom. The van der Waals surface area contributed by atoms with Crippen molar-refractivity contribution in [2.75, 3.05) is 17.2 Å². The van der Waals surface area contributed by atoms with Crippen LogP contribution in [-0.2, 0) is 0 Å². The van der Waals surface area contributed by atoms with Crippen molar-refractivity contribution in [2.45, 2.75) is 6.10 Å². The molecule has 0 spiro atoms. The number of fused-ring (bicyclic) bond motifs is 2. The molecule has 4 heterocycles. The SMILES string of the molecule is Nc1cc(C(O)c2nn3ccccc3c2N)c2c(N)cnn2c1. The molecule has 0 aromatic carbocycles. The van der Waals surface area contributed by atoms with E-state index in [0.717, 1.165) is 5.52 Å². The van der Waals surface area contributed by atoms with Crippen LogP contribution >= 0.6 is 0 Å². The smallest absolute Gasteiger partial charge is 0.127 e. The third-order valence-electron chi connectivity index (χ3n) is 3.85. The normalized spacial score (nSPS) is 12.9. The van der Waals surface area contributed by atoms with E-state index in [1.54, 1.807) is 23.0 Å². The molecular weight excluding hydrogens is 294 g/mol. The second-order valence-corrected chi connectivity index (χ2v) is 5.35. The van der Waals surface area contributed by atoms with Crippen LogP contribution in [0.15, 0.2) is 42.9 Å². The van der Waals surface area contributed by atoms with E-state index in [1.807, 2.05) is 18.2 Å². The first kappa shape index (κ1) is 13.4. The molecule has 0 amide bonds. The lowest BCUT2D eigenvalue weighted by molar-refractivity contribution is 0.217. The second kappa shape index (κ2) is 4.62. The minimum Gasteiger partial charge on any atom is -0.397 e. The highest BCUT2D eigenvalue weighted by atomic mass is 16.3. The van der Waals surface area contributed by atoms with Crippen molar-refractivity contribution in [1.29, 1.82) is 0 Å². The Hall–Kier alpha value is -3.26. The average molecular weight is 309 g/mol. The van der Waals surface area contributed by atoms with Gasteiger partial charge in [-0.3, -0.25) is 0 Å². The van der Waals surface area contributed by atoms with E-state index in [-0.39, 0.29) is 0 Å². The van der Waals surface area contributed by atoms with Crippen molar-refractivity contribution in [2.24, 2.45) is 0 Å². The lowest BCUT2D eigenvalue weighted by Crippen LogP contribution is -2.07. The zero-order chi connectivity index (χ0) is 16.1. The molecule has 4 rings (SSSR count). The number of hydrogen-bond acceptors (Lipinski definition) is 6. The maximum absolute atomic E-state index is 10.8. The van der Waals surface area contributed by atoms with Gasteiger partial charge in [-0.1, -0.05) is 6.07 Å². The highest BCUT2D eigenvalue weighted by Crippen LogP contribution is 2.33. The third-order valence-corrected chi connectivity index (χ3v) is 3.85. The number of pyridine rings is 2. The summed E-state index contributed by atoms with van der Waals surface area (Å²) in [4.78, 5) is 0. The van der Waals surface area contributed by atoms with Crippen LogP contribution in [0, 0.1) is 0 Å². The van der Waals surface area contributed by atoms with Gasteiger partial charge in [0.05, 0.1) is 40.5 Å². The van der Waals surface area contributed by atoms with Gasteiger partial charge in [0.15, 0.2) is 0 Å². The van der Waals surface area contributed by atoms with E-state index in [4.69, 9.17) is 17.2 Å². The molecule has 1 unspecified atom stereocenters. The van der Waals surface area contributed by atoms with Gasteiger partial charge < -0.3 is 22.3 Å². The summed E-state index contributed by atoms with van der Waals surface area (Å²) < 4.78 is 3.16. The van der Waals surface area contributed by atoms with Gasteiger partial charge in [0.1, 0.15) is 11.8 Å². The molecule has 8 heteroatoms. The quantitative estimate of drug-likeness (QED) is 0.433.